The van der Waals surface area contributed by atoms with E-state index in [0.717, 1.165) is 10.0 Å². The summed E-state index contributed by atoms with van der Waals surface area (Å²) in [4.78, 5) is 142. The lowest BCUT2D eigenvalue weighted by Gasteiger charge is -2.35. The van der Waals surface area contributed by atoms with Crippen molar-refractivity contribution in [2.45, 2.75) is 102 Å². The van der Waals surface area contributed by atoms with Crippen molar-refractivity contribution in [3.05, 3.63) is 69.7 Å². The second-order valence-electron chi connectivity index (χ2n) is 19.2. The van der Waals surface area contributed by atoms with Gasteiger partial charge in [0.05, 0.1) is 19.6 Å². The van der Waals surface area contributed by atoms with Gasteiger partial charge in [-0.05, 0) is 87.3 Å². The fourth-order valence-corrected chi connectivity index (χ4v) is 8.80. The number of urea groups is 1. The van der Waals surface area contributed by atoms with E-state index < -0.39 is 65.9 Å². The van der Waals surface area contributed by atoms with E-state index in [1.54, 1.807) is 48.8 Å². The summed E-state index contributed by atoms with van der Waals surface area (Å²) < 4.78 is 0.843. The number of carboxylic acid groups (broad SMARTS) is 6. The van der Waals surface area contributed by atoms with Crippen LogP contribution in [0, 0.1) is 0 Å². The van der Waals surface area contributed by atoms with Crippen LogP contribution in [0.4, 0.5) is 4.79 Å². The zero-order valence-electron chi connectivity index (χ0n) is 44.3. The van der Waals surface area contributed by atoms with Crippen molar-refractivity contribution < 1.29 is 83.4 Å². The van der Waals surface area contributed by atoms with Crippen molar-refractivity contribution in [2.75, 3.05) is 85.1 Å². The number of aliphatic carboxylic acids is 6. The number of hydrogen-bond acceptors (Lipinski definition) is 15. The second-order valence-corrected chi connectivity index (χ2v) is 20.1. The van der Waals surface area contributed by atoms with Crippen molar-refractivity contribution in [1.82, 2.24) is 45.8 Å². The minimum atomic E-state index is -1.39. The Balaban J connectivity index is 1.49. The molecule has 26 nitrogen and oxygen atoms in total. The van der Waals surface area contributed by atoms with Gasteiger partial charge in [0.2, 0.25) is 11.8 Å². The van der Waals surface area contributed by atoms with Gasteiger partial charge in [0.25, 0.3) is 5.91 Å². The number of hydrogen-bond donors (Lipinski definition) is 10. The fourth-order valence-electron chi connectivity index (χ4n) is 8.54. The summed E-state index contributed by atoms with van der Waals surface area (Å²) in [6, 6.07) is 9.14. The molecule has 1 saturated heterocycles. The van der Waals surface area contributed by atoms with Crippen LogP contribution in [0.5, 0.6) is 0 Å². The van der Waals surface area contributed by atoms with Crippen LogP contribution < -0.4 is 21.3 Å². The monoisotopic (exact) mass is 1180 g/mol. The molecule has 3 rings (SSSR count). The van der Waals surface area contributed by atoms with E-state index in [9.17, 15) is 83.4 Å². The predicted octanol–water partition coefficient (Wildman–Crippen LogP) is 1.45. The quantitative estimate of drug-likeness (QED) is 0.0452. The topological polar surface area (TPSA) is 373 Å². The van der Waals surface area contributed by atoms with Crippen LogP contribution >= 0.6 is 15.9 Å². The highest BCUT2D eigenvalue weighted by Crippen LogP contribution is 2.17. The molecular weight excluding hydrogens is 1100 g/mol. The molecule has 2 aromatic rings. The van der Waals surface area contributed by atoms with E-state index in [-0.39, 0.29) is 161 Å². The number of carboxylic acids is 6. The van der Waals surface area contributed by atoms with E-state index in [4.69, 9.17) is 0 Å². The molecule has 436 valence electrons. The van der Waals surface area contributed by atoms with Crippen molar-refractivity contribution in [3.8, 4) is 0 Å². The Morgan fingerprint density at radius 3 is 1.53 bits per heavy atom. The van der Waals surface area contributed by atoms with Gasteiger partial charge < -0.3 is 61.6 Å². The van der Waals surface area contributed by atoms with Gasteiger partial charge in [0.15, 0.2) is 0 Å². The van der Waals surface area contributed by atoms with Crippen molar-refractivity contribution in [2.24, 2.45) is 0 Å². The Labute approximate surface area is 465 Å². The third-order valence-electron chi connectivity index (χ3n) is 12.9. The van der Waals surface area contributed by atoms with E-state index in [2.05, 4.69) is 37.2 Å². The molecule has 0 saturated carbocycles. The lowest BCUT2D eigenvalue weighted by molar-refractivity contribution is -0.145. The molecule has 1 fully saturated rings. The maximum Gasteiger partial charge on any atom is 0.326 e. The number of unbranched alkanes of at least 4 members (excludes halogenated alkanes) is 2. The molecule has 1 aliphatic heterocycles. The van der Waals surface area contributed by atoms with Crippen LogP contribution in [0.25, 0.3) is 0 Å². The molecule has 0 spiro atoms. The van der Waals surface area contributed by atoms with Crippen LogP contribution in [0.3, 0.4) is 0 Å². The number of Topliss-reactive ketones (excluding diaryl/α,β-unsaturated/α-hetero) is 1. The number of nitrogens with one attached hydrogen (secondary N) is 4. The normalized spacial score (nSPS) is 15.2. The van der Waals surface area contributed by atoms with Crippen LogP contribution in [0.1, 0.15) is 92.6 Å². The Bertz CT molecular complexity index is 2350. The van der Waals surface area contributed by atoms with Gasteiger partial charge in [-0.25, -0.2) is 14.4 Å². The summed E-state index contributed by atoms with van der Waals surface area (Å²) in [7, 11) is 0. The number of carbonyl (C=O) groups excluding carboxylic acids is 5. The largest absolute Gasteiger partial charge is 0.480 e. The molecule has 0 aliphatic carbocycles. The summed E-state index contributed by atoms with van der Waals surface area (Å²) in [5.41, 5.74) is 1.91. The maximum atomic E-state index is 13.9. The number of rotatable bonds is 33. The van der Waals surface area contributed by atoms with Crippen LogP contribution in [0.2, 0.25) is 0 Å². The number of halogens is 1. The SMILES string of the molecule is CC(=O)CC[C@@H](NC(=O)N[C@H](CCCCN(Cc1ccc(Br)cc1)C(=O)c1ccc(CNC(=O)CCCCNC(=O)CCC(C(=O)O)N2CCN(CC(=O)O)CCN(CC(=O)O)CCN(CC(=O)O)CC2)cc1)C(=O)O)C(=O)O. The smallest absolute Gasteiger partial charge is 0.326 e. The predicted molar refractivity (Wildman–Crippen MR) is 287 cm³/mol. The lowest BCUT2D eigenvalue weighted by atomic mass is 10.1. The molecule has 10 N–H and O–H groups in total. The van der Waals surface area contributed by atoms with Gasteiger partial charge >= 0.3 is 41.8 Å². The number of amides is 5. The van der Waals surface area contributed by atoms with Gasteiger partial charge in [-0.2, -0.15) is 0 Å². The molecule has 3 atom stereocenters. The van der Waals surface area contributed by atoms with Gasteiger partial charge in [0.1, 0.15) is 23.9 Å². The molecule has 5 amide bonds. The Hall–Kier alpha value is -7.07. The number of benzene rings is 2. The third kappa shape index (κ3) is 27.4. The first-order chi connectivity index (χ1) is 37.5. The van der Waals surface area contributed by atoms with Crippen molar-refractivity contribution in [3.63, 3.8) is 0 Å². The molecule has 1 aliphatic rings. The van der Waals surface area contributed by atoms with E-state index >= 15 is 0 Å². The lowest BCUT2D eigenvalue weighted by Crippen LogP contribution is -2.52. The maximum absolute atomic E-state index is 13.9. The highest BCUT2D eigenvalue weighted by molar-refractivity contribution is 9.10. The van der Waals surface area contributed by atoms with E-state index in [0.29, 0.717) is 30.4 Å². The third-order valence-corrected chi connectivity index (χ3v) is 13.4. The first-order valence-electron chi connectivity index (χ1n) is 26.0. The average molecular weight is 1180 g/mol. The summed E-state index contributed by atoms with van der Waals surface area (Å²) in [5, 5.41) is 68.0. The summed E-state index contributed by atoms with van der Waals surface area (Å²) in [6.45, 7) is 2.10. The van der Waals surface area contributed by atoms with Crippen LogP contribution in [-0.4, -0.2) is 224 Å². The van der Waals surface area contributed by atoms with Gasteiger partial charge in [-0.15, -0.1) is 0 Å². The van der Waals surface area contributed by atoms with E-state index in [1.165, 1.54) is 6.92 Å². The number of carbonyl (C=O) groups is 11. The molecule has 0 radical (unpaired) electrons. The molecule has 2 aromatic carbocycles. The van der Waals surface area contributed by atoms with Crippen LogP contribution in [-0.2, 0) is 56.2 Å². The van der Waals surface area contributed by atoms with Gasteiger partial charge in [-0.1, -0.05) is 40.2 Å². The molecule has 1 unspecified atom stereocenters. The highest BCUT2D eigenvalue weighted by atomic mass is 79.9. The standard InChI is InChI=1S/C52H74BrN9O17/c1-35(63)8-17-41(50(75)76)57-52(79)56-40(49(73)74)6-3-5-21-62(31-37-11-15-39(53)16-12-37)48(72)38-13-9-36(10-14-38)30-55-43(64)7-2-4-20-54-44(65)19-18-42(51(77)78)61-28-26-59(33-46(68)69)24-22-58(32-45(66)67)23-25-60(27-29-61)34-47(70)71/h9-16,40-42H,2-8,17-34H2,1H3,(H,54,65)(H,55,64)(H,66,67)(H,68,69)(H,70,71)(H,73,74)(H,75,76)(H,77,78)(H2,56,57,79)/t40-,41-,42?/m1/s1. The zero-order chi connectivity index (χ0) is 58.4. The average Bonchev–Trinajstić information content (AvgIpc) is 3.37. The highest BCUT2D eigenvalue weighted by Gasteiger charge is 2.29. The Morgan fingerprint density at radius 2 is 1.04 bits per heavy atom. The molecule has 1 heterocycles. The minimum Gasteiger partial charge on any atom is -0.480 e. The molecular formula is C52H74BrN9O17. The summed E-state index contributed by atoms with van der Waals surface area (Å²) in [5.74, 6) is -8.50. The first-order valence-corrected chi connectivity index (χ1v) is 26.8. The van der Waals surface area contributed by atoms with Crippen LogP contribution in [0.15, 0.2) is 53.0 Å². The van der Waals surface area contributed by atoms with Gasteiger partial charge in [-0.3, -0.25) is 53.2 Å². The zero-order valence-corrected chi connectivity index (χ0v) is 45.9. The molecule has 0 aromatic heterocycles. The Morgan fingerprint density at radius 1 is 0.544 bits per heavy atom. The summed E-state index contributed by atoms with van der Waals surface area (Å²) >= 11 is 3.41. The fraction of sp³-hybridized carbons (Fsp3) is 0.558. The number of ketones is 1. The molecule has 27 heteroatoms. The van der Waals surface area contributed by atoms with Crippen molar-refractivity contribution in [1.29, 1.82) is 0 Å². The van der Waals surface area contributed by atoms with Gasteiger partial charge in [0, 0.05) is 108 Å². The summed E-state index contributed by atoms with van der Waals surface area (Å²) in [6.07, 6.45) is 1.11. The first kappa shape index (κ1) is 66.2. The van der Waals surface area contributed by atoms with E-state index in [1.807, 2.05) is 24.3 Å². The second kappa shape index (κ2) is 35.4. The Kier molecular flexibility index (Phi) is 29.7. The molecule has 79 heavy (non-hydrogen) atoms. The minimum absolute atomic E-state index is 0.0215. The van der Waals surface area contributed by atoms with Crippen molar-refractivity contribution >= 4 is 81.3 Å². The molecule has 0 bridgehead atoms. The number of nitrogens with zero attached hydrogens (tertiary/aromatic N) is 5.